The molecule has 9 heteroatoms. The van der Waals surface area contributed by atoms with Crippen LogP contribution in [0.1, 0.15) is 15.9 Å². The maximum Gasteiger partial charge on any atom is 0.283 e. The van der Waals surface area contributed by atoms with Crippen molar-refractivity contribution in [1.82, 2.24) is 19.9 Å². The lowest BCUT2D eigenvalue weighted by atomic mass is 10.1. The molecule has 33 heavy (non-hydrogen) atoms. The number of fused-ring (bicyclic) bond motifs is 2. The molecular weight excluding hydrogens is 438 g/mol. The van der Waals surface area contributed by atoms with E-state index in [0.717, 1.165) is 17.0 Å². The Morgan fingerprint density at radius 2 is 1.79 bits per heavy atom. The van der Waals surface area contributed by atoms with Crippen LogP contribution in [0.4, 0.5) is 10.8 Å². The number of methoxy groups -OCH3 is 1. The number of benzene rings is 3. The zero-order valence-electron chi connectivity index (χ0n) is 17.6. The molecule has 2 N–H and O–H groups in total. The molecule has 1 amide bonds. The second-order valence-corrected chi connectivity index (χ2v) is 8.19. The first-order chi connectivity index (χ1) is 16.1. The minimum atomic E-state index is -0.207. The molecule has 0 aliphatic rings. The molecule has 0 aliphatic carbocycles. The number of hydrogen-bond acceptors (Lipinski definition) is 7. The highest BCUT2D eigenvalue weighted by atomic mass is 32.1. The van der Waals surface area contributed by atoms with Crippen LogP contribution >= 0.6 is 11.3 Å². The van der Waals surface area contributed by atoms with E-state index in [1.165, 1.54) is 15.9 Å². The van der Waals surface area contributed by atoms with Gasteiger partial charge in [-0.05, 0) is 42.5 Å². The minimum Gasteiger partial charge on any atom is -0.496 e. The van der Waals surface area contributed by atoms with Gasteiger partial charge in [0.15, 0.2) is 0 Å². The molecule has 0 saturated heterocycles. The Balaban J connectivity index is 1.30. The maximum atomic E-state index is 12.7. The third kappa shape index (κ3) is 4.13. The summed E-state index contributed by atoms with van der Waals surface area (Å²) in [6.07, 6.45) is 0. The SMILES string of the molecule is COc1ccccc1CNC(=O)c1ccc(Nc2nn3c(=O)c4ccccc4nc3s2)cc1. The van der Waals surface area contributed by atoms with E-state index in [9.17, 15) is 9.59 Å². The van der Waals surface area contributed by atoms with Crippen LogP contribution < -0.4 is 20.9 Å². The Labute approximate surface area is 192 Å². The number of para-hydroxylation sites is 2. The zero-order chi connectivity index (χ0) is 22.8. The molecule has 2 heterocycles. The molecule has 5 rings (SSSR count). The van der Waals surface area contributed by atoms with Crippen molar-refractivity contribution in [2.24, 2.45) is 0 Å². The third-order valence-corrected chi connectivity index (χ3v) is 5.96. The van der Waals surface area contributed by atoms with Crippen molar-refractivity contribution in [3.63, 3.8) is 0 Å². The molecule has 8 nitrogen and oxygen atoms in total. The number of amides is 1. The van der Waals surface area contributed by atoms with Gasteiger partial charge in [0.05, 0.1) is 18.0 Å². The highest BCUT2D eigenvalue weighted by molar-refractivity contribution is 7.20. The number of aromatic nitrogens is 3. The lowest BCUT2D eigenvalue weighted by Gasteiger charge is -2.10. The van der Waals surface area contributed by atoms with Crippen molar-refractivity contribution >= 4 is 43.9 Å². The largest absolute Gasteiger partial charge is 0.496 e. The molecule has 0 unspecified atom stereocenters. The maximum absolute atomic E-state index is 12.7. The zero-order valence-corrected chi connectivity index (χ0v) is 18.4. The number of carbonyl (C=O) groups excluding carboxylic acids is 1. The number of nitrogens with zero attached hydrogens (tertiary/aromatic N) is 3. The molecule has 0 radical (unpaired) electrons. The molecule has 2 aromatic heterocycles. The molecule has 0 saturated carbocycles. The fraction of sp³-hybridized carbons (Fsp3) is 0.0833. The van der Waals surface area contributed by atoms with E-state index in [2.05, 4.69) is 20.7 Å². The van der Waals surface area contributed by atoms with E-state index in [4.69, 9.17) is 4.74 Å². The molecule has 5 aromatic rings. The summed E-state index contributed by atoms with van der Waals surface area (Å²) in [5.41, 5.74) is 2.61. The van der Waals surface area contributed by atoms with Crippen LogP contribution in [0.2, 0.25) is 0 Å². The quantitative estimate of drug-likeness (QED) is 0.400. The van der Waals surface area contributed by atoms with Gasteiger partial charge < -0.3 is 15.4 Å². The van der Waals surface area contributed by atoms with Gasteiger partial charge >= 0.3 is 0 Å². The summed E-state index contributed by atoms with van der Waals surface area (Å²) >= 11 is 1.28. The van der Waals surface area contributed by atoms with Crippen molar-refractivity contribution in [2.45, 2.75) is 6.54 Å². The fourth-order valence-electron chi connectivity index (χ4n) is 3.46. The first-order valence-corrected chi connectivity index (χ1v) is 11.0. The number of hydrogen-bond donors (Lipinski definition) is 2. The molecule has 0 aliphatic heterocycles. The number of nitrogens with one attached hydrogen (secondary N) is 2. The van der Waals surface area contributed by atoms with E-state index in [1.54, 1.807) is 49.6 Å². The van der Waals surface area contributed by atoms with Crippen LogP contribution in [0.5, 0.6) is 5.75 Å². The fourth-order valence-corrected chi connectivity index (χ4v) is 4.28. The molecular formula is C24H19N5O3S. The van der Waals surface area contributed by atoms with Gasteiger partial charge in [0.2, 0.25) is 10.1 Å². The molecule has 3 aromatic carbocycles. The summed E-state index contributed by atoms with van der Waals surface area (Å²) in [4.78, 5) is 30.2. The number of rotatable bonds is 6. The van der Waals surface area contributed by atoms with Crippen molar-refractivity contribution in [3.05, 3.63) is 94.3 Å². The number of carbonyl (C=O) groups is 1. The van der Waals surface area contributed by atoms with Crippen molar-refractivity contribution in [3.8, 4) is 5.75 Å². The van der Waals surface area contributed by atoms with Crippen LogP contribution in [-0.2, 0) is 6.54 Å². The second kappa shape index (κ2) is 8.71. The lowest BCUT2D eigenvalue weighted by molar-refractivity contribution is 0.0950. The van der Waals surface area contributed by atoms with Crippen molar-refractivity contribution < 1.29 is 9.53 Å². The summed E-state index contributed by atoms with van der Waals surface area (Å²) in [5.74, 6) is 0.546. The Morgan fingerprint density at radius 3 is 2.61 bits per heavy atom. The Hall–Kier alpha value is -4.24. The average Bonchev–Trinajstić information content (AvgIpc) is 3.26. The Bertz CT molecular complexity index is 1530. The van der Waals surface area contributed by atoms with Gasteiger partial charge in [0.25, 0.3) is 11.5 Å². The average molecular weight is 458 g/mol. The van der Waals surface area contributed by atoms with E-state index < -0.39 is 0 Å². The molecule has 0 bridgehead atoms. The summed E-state index contributed by atoms with van der Waals surface area (Å²) in [6, 6.07) is 21.8. The Morgan fingerprint density at radius 1 is 1.03 bits per heavy atom. The lowest BCUT2D eigenvalue weighted by Crippen LogP contribution is -2.23. The topological polar surface area (TPSA) is 97.6 Å². The summed E-state index contributed by atoms with van der Waals surface area (Å²) in [7, 11) is 1.60. The van der Waals surface area contributed by atoms with Crippen molar-refractivity contribution in [2.75, 3.05) is 12.4 Å². The number of ether oxygens (including phenoxy) is 1. The summed E-state index contributed by atoms with van der Waals surface area (Å²) < 4.78 is 6.62. The molecule has 0 spiro atoms. The van der Waals surface area contributed by atoms with E-state index in [-0.39, 0.29) is 11.5 Å². The highest BCUT2D eigenvalue weighted by Crippen LogP contribution is 2.23. The normalized spacial score (nSPS) is 10.9. The molecule has 164 valence electrons. The van der Waals surface area contributed by atoms with E-state index >= 15 is 0 Å². The minimum absolute atomic E-state index is 0.185. The van der Waals surface area contributed by atoms with Crippen LogP contribution in [-0.4, -0.2) is 27.6 Å². The van der Waals surface area contributed by atoms with E-state index in [1.807, 2.05) is 30.3 Å². The van der Waals surface area contributed by atoms with Gasteiger partial charge in [0.1, 0.15) is 5.75 Å². The van der Waals surface area contributed by atoms with Crippen LogP contribution in [0.3, 0.4) is 0 Å². The van der Waals surface area contributed by atoms with Crippen LogP contribution in [0, 0.1) is 0 Å². The Kier molecular flexibility index (Phi) is 5.45. The highest BCUT2D eigenvalue weighted by Gasteiger charge is 2.12. The van der Waals surface area contributed by atoms with Crippen LogP contribution in [0.15, 0.2) is 77.6 Å². The van der Waals surface area contributed by atoms with Gasteiger partial charge in [-0.2, -0.15) is 4.52 Å². The predicted octanol–water partition coefficient (Wildman–Crippen LogP) is 3.99. The van der Waals surface area contributed by atoms with Gasteiger partial charge in [-0.15, -0.1) is 5.10 Å². The first kappa shape index (κ1) is 20.7. The predicted molar refractivity (Wildman–Crippen MR) is 129 cm³/mol. The smallest absolute Gasteiger partial charge is 0.283 e. The van der Waals surface area contributed by atoms with Crippen molar-refractivity contribution in [1.29, 1.82) is 0 Å². The monoisotopic (exact) mass is 457 g/mol. The number of anilines is 2. The van der Waals surface area contributed by atoms with Gasteiger partial charge in [0, 0.05) is 23.4 Å². The molecule has 0 atom stereocenters. The summed E-state index contributed by atoms with van der Waals surface area (Å²) in [6.45, 7) is 0.366. The van der Waals surface area contributed by atoms with Gasteiger partial charge in [-0.3, -0.25) is 9.59 Å². The van der Waals surface area contributed by atoms with Gasteiger partial charge in [-0.25, -0.2) is 4.98 Å². The van der Waals surface area contributed by atoms with E-state index in [0.29, 0.717) is 33.1 Å². The van der Waals surface area contributed by atoms with Crippen LogP contribution in [0.25, 0.3) is 15.9 Å². The third-order valence-electron chi connectivity index (χ3n) is 5.13. The second-order valence-electron chi connectivity index (χ2n) is 7.23. The first-order valence-electron chi connectivity index (χ1n) is 10.2. The standard InChI is InChI=1S/C24H19N5O3S/c1-32-20-9-5-2-6-16(20)14-25-21(30)15-10-12-17(13-11-15)26-23-28-29-22(31)18-7-3-4-8-19(18)27-24(29)33-23/h2-13H,14H2,1H3,(H,25,30)(H,26,28). The van der Waals surface area contributed by atoms with Gasteiger partial charge in [-0.1, -0.05) is 41.7 Å². The molecule has 0 fully saturated rings. The summed E-state index contributed by atoms with van der Waals surface area (Å²) in [5, 5.41) is 11.5.